The van der Waals surface area contributed by atoms with Crippen molar-refractivity contribution in [2.24, 2.45) is 0 Å². The lowest BCUT2D eigenvalue weighted by Crippen LogP contribution is -2.44. The number of nitrogens with one attached hydrogen (secondary N) is 1. The summed E-state index contributed by atoms with van der Waals surface area (Å²) in [5.41, 5.74) is 3.20. The number of anilines is 1. The van der Waals surface area contributed by atoms with E-state index < -0.39 is 0 Å². The molecule has 3 rings (SSSR count). The number of hydrogen-bond acceptors (Lipinski definition) is 5. The first kappa shape index (κ1) is 18.0. The molecule has 2 atom stereocenters. The molecule has 1 N–H and O–H groups in total. The summed E-state index contributed by atoms with van der Waals surface area (Å²) in [4.78, 5) is 19.1. The van der Waals surface area contributed by atoms with Crippen molar-refractivity contribution in [3.8, 4) is 0 Å². The first-order valence-corrected chi connectivity index (χ1v) is 9.53. The van der Waals surface area contributed by atoms with Crippen molar-refractivity contribution in [1.29, 1.82) is 0 Å². The molecule has 1 saturated heterocycles. The molecule has 1 aliphatic heterocycles. The predicted octanol–water partition coefficient (Wildman–Crippen LogP) is 3.24. The third-order valence-corrected chi connectivity index (χ3v) is 4.97. The fourth-order valence-electron chi connectivity index (χ4n) is 3.13. The number of ether oxygens (including phenoxy) is 1. The van der Waals surface area contributed by atoms with Gasteiger partial charge in [-0.3, -0.25) is 9.69 Å². The van der Waals surface area contributed by atoms with Gasteiger partial charge in [0.1, 0.15) is 0 Å². The molecule has 0 saturated carbocycles. The van der Waals surface area contributed by atoms with Gasteiger partial charge in [-0.05, 0) is 26.3 Å². The van der Waals surface area contributed by atoms with E-state index in [1.807, 2.05) is 36.6 Å². The summed E-state index contributed by atoms with van der Waals surface area (Å²) >= 11 is 1.48. The number of aryl methyl sites for hydroxylation is 1. The van der Waals surface area contributed by atoms with Crippen molar-refractivity contribution >= 4 is 22.4 Å². The fraction of sp³-hybridized carbons (Fsp3) is 0.474. The summed E-state index contributed by atoms with van der Waals surface area (Å²) in [5, 5.41) is 5.59. The molecule has 0 radical (unpaired) electrons. The van der Waals surface area contributed by atoms with E-state index >= 15 is 0 Å². The Morgan fingerprint density at radius 2 is 1.96 bits per heavy atom. The zero-order chi connectivity index (χ0) is 17.8. The van der Waals surface area contributed by atoms with Gasteiger partial charge in [-0.25, -0.2) is 4.98 Å². The van der Waals surface area contributed by atoms with Crippen LogP contribution in [0.2, 0.25) is 0 Å². The fourth-order valence-corrected chi connectivity index (χ4v) is 3.85. The molecule has 2 aromatic rings. The highest BCUT2D eigenvalue weighted by Crippen LogP contribution is 2.19. The summed E-state index contributed by atoms with van der Waals surface area (Å²) < 4.78 is 5.76. The van der Waals surface area contributed by atoms with Gasteiger partial charge in [0.2, 0.25) is 5.91 Å². The average molecular weight is 359 g/mol. The number of thiazole rings is 1. The third-order valence-electron chi connectivity index (χ3n) is 4.16. The molecular weight excluding hydrogens is 334 g/mol. The van der Waals surface area contributed by atoms with E-state index in [0.717, 1.165) is 30.9 Å². The van der Waals surface area contributed by atoms with Crippen LogP contribution in [-0.4, -0.2) is 41.1 Å². The van der Waals surface area contributed by atoms with Gasteiger partial charge >= 0.3 is 0 Å². The molecule has 25 heavy (non-hydrogen) atoms. The SMILES string of the molecule is Cc1ccc(CC(=O)Nc2nc(CN3CC(C)OC(C)C3)cs2)cc1. The average Bonchev–Trinajstić information content (AvgIpc) is 2.95. The third kappa shape index (κ3) is 5.36. The molecule has 1 aliphatic rings. The van der Waals surface area contributed by atoms with Crippen molar-refractivity contribution in [2.45, 2.75) is 45.9 Å². The highest BCUT2D eigenvalue weighted by molar-refractivity contribution is 7.13. The largest absolute Gasteiger partial charge is 0.373 e. The Labute approximate surface area is 153 Å². The number of carbonyl (C=O) groups excluding carboxylic acids is 1. The van der Waals surface area contributed by atoms with E-state index in [1.54, 1.807) is 0 Å². The summed E-state index contributed by atoms with van der Waals surface area (Å²) in [5.74, 6) is -0.0293. The van der Waals surface area contributed by atoms with Gasteiger partial charge in [-0.1, -0.05) is 29.8 Å². The van der Waals surface area contributed by atoms with Crippen molar-refractivity contribution < 1.29 is 9.53 Å². The number of carbonyl (C=O) groups is 1. The number of nitrogens with zero attached hydrogens (tertiary/aromatic N) is 2. The van der Waals surface area contributed by atoms with E-state index in [4.69, 9.17) is 4.74 Å². The van der Waals surface area contributed by atoms with Gasteiger partial charge in [0.15, 0.2) is 5.13 Å². The first-order valence-electron chi connectivity index (χ1n) is 8.65. The van der Waals surface area contributed by atoms with Crippen molar-refractivity contribution in [3.63, 3.8) is 0 Å². The second kappa shape index (κ2) is 8.08. The van der Waals surface area contributed by atoms with Crippen LogP contribution < -0.4 is 5.32 Å². The second-order valence-electron chi connectivity index (χ2n) is 6.81. The molecule has 1 aromatic carbocycles. The summed E-state index contributed by atoms with van der Waals surface area (Å²) in [6.45, 7) is 8.86. The minimum Gasteiger partial charge on any atom is -0.373 e. The Kier molecular flexibility index (Phi) is 5.83. The van der Waals surface area contributed by atoms with Crippen molar-refractivity contribution in [2.75, 3.05) is 18.4 Å². The smallest absolute Gasteiger partial charge is 0.230 e. The van der Waals surface area contributed by atoms with Gasteiger partial charge in [0.05, 0.1) is 24.3 Å². The lowest BCUT2D eigenvalue weighted by atomic mass is 10.1. The molecule has 1 amide bonds. The molecule has 2 unspecified atom stereocenters. The minimum absolute atomic E-state index is 0.0293. The highest BCUT2D eigenvalue weighted by Gasteiger charge is 2.22. The van der Waals surface area contributed by atoms with Crippen LogP contribution >= 0.6 is 11.3 Å². The van der Waals surface area contributed by atoms with Crippen LogP contribution in [0.25, 0.3) is 0 Å². The van der Waals surface area contributed by atoms with Gasteiger partial charge in [0.25, 0.3) is 0 Å². The molecule has 0 bridgehead atoms. The molecule has 1 fully saturated rings. The predicted molar refractivity (Wildman–Crippen MR) is 101 cm³/mol. The quantitative estimate of drug-likeness (QED) is 0.890. The standard InChI is InChI=1S/C19H25N3O2S/c1-13-4-6-16(7-5-13)8-18(23)21-19-20-17(12-25-19)11-22-9-14(2)24-15(3)10-22/h4-7,12,14-15H,8-11H2,1-3H3,(H,20,21,23). The summed E-state index contributed by atoms with van der Waals surface area (Å²) in [7, 11) is 0. The lowest BCUT2D eigenvalue weighted by Gasteiger charge is -2.34. The van der Waals surface area contributed by atoms with Gasteiger partial charge in [-0.15, -0.1) is 11.3 Å². The van der Waals surface area contributed by atoms with Crippen LogP contribution in [0.3, 0.4) is 0 Å². The topological polar surface area (TPSA) is 54.5 Å². The van der Waals surface area contributed by atoms with Crippen LogP contribution in [0.4, 0.5) is 5.13 Å². The van der Waals surface area contributed by atoms with Crippen LogP contribution in [0, 0.1) is 6.92 Å². The van der Waals surface area contributed by atoms with Crippen LogP contribution in [0.1, 0.15) is 30.7 Å². The maximum absolute atomic E-state index is 12.2. The molecule has 2 heterocycles. The lowest BCUT2D eigenvalue weighted by molar-refractivity contribution is -0.115. The number of aromatic nitrogens is 1. The molecular formula is C19H25N3O2S. The Morgan fingerprint density at radius 1 is 1.28 bits per heavy atom. The Morgan fingerprint density at radius 3 is 2.64 bits per heavy atom. The van der Waals surface area contributed by atoms with E-state index in [0.29, 0.717) is 11.6 Å². The van der Waals surface area contributed by atoms with E-state index in [9.17, 15) is 4.79 Å². The van der Waals surface area contributed by atoms with E-state index in [-0.39, 0.29) is 18.1 Å². The van der Waals surface area contributed by atoms with Crippen molar-refractivity contribution in [1.82, 2.24) is 9.88 Å². The molecule has 134 valence electrons. The Bertz CT molecular complexity index is 704. The van der Waals surface area contributed by atoms with Crippen LogP contribution in [0.5, 0.6) is 0 Å². The second-order valence-corrected chi connectivity index (χ2v) is 7.66. The van der Waals surface area contributed by atoms with E-state index in [2.05, 4.69) is 29.0 Å². The maximum Gasteiger partial charge on any atom is 0.230 e. The number of benzene rings is 1. The number of hydrogen-bond donors (Lipinski definition) is 1. The number of morpholine rings is 1. The van der Waals surface area contributed by atoms with Gasteiger partial charge < -0.3 is 10.1 Å². The van der Waals surface area contributed by atoms with Gasteiger partial charge in [-0.2, -0.15) is 0 Å². The zero-order valence-corrected chi connectivity index (χ0v) is 15.8. The van der Waals surface area contributed by atoms with Crippen LogP contribution in [0.15, 0.2) is 29.6 Å². The van der Waals surface area contributed by atoms with Crippen LogP contribution in [-0.2, 0) is 22.5 Å². The minimum atomic E-state index is -0.0293. The molecule has 1 aromatic heterocycles. The van der Waals surface area contributed by atoms with Crippen molar-refractivity contribution in [3.05, 3.63) is 46.5 Å². The molecule has 0 aliphatic carbocycles. The monoisotopic (exact) mass is 359 g/mol. The summed E-state index contributed by atoms with van der Waals surface area (Å²) in [6.07, 6.45) is 0.861. The molecule has 6 heteroatoms. The van der Waals surface area contributed by atoms with Gasteiger partial charge in [0, 0.05) is 25.0 Å². The van der Waals surface area contributed by atoms with E-state index in [1.165, 1.54) is 16.9 Å². The zero-order valence-electron chi connectivity index (χ0n) is 15.0. The Balaban J connectivity index is 1.52. The number of amides is 1. The summed E-state index contributed by atoms with van der Waals surface area (Å²) in [6, 6.07) is 8.02. The molecule has 0 spiro atoms. The first-order chi connectivity index (χ1) is 12.0. The highest BCUT2D eigenvalue weighted by atomic mass is 32.1. The maximum atomic E-state index is 12.2. The molecule has 5 nitrogen and oxygen atoms in total. The Hall–Kier alpha value is -1.76. The normalized spacial score (nSPS) is 21.2. The number of rotatable bonds is 5.